The molecule has 5 fully saturated rings. The lowest BCUT2D eigenvalue weighted by atomic mass is 9.33. The van der Waals surface area contributed by atoms with Crippen LogP contribution in [0.3, 0.4) is 0 Å². The maximum Gasteiger partial charge on any atom is 0.311 e. The van der Waals surface area contributed by atoms with Crippen LogP contribution in [-0.4, -0.2) is 59.5 Å². The molecule has 1 aromatic rings. The summed E-state index contributed by atoms with van der Waals surface area (Å²) in [5.41, 5.74) is 0.590. The monoisotopic (exact) mass is 537 g/mol. The molecule has 6 nitrogen and oxygen atoms in total. The molecule has 2 heterocycles. The van der Waals surface area contributed by atoms with Crippen LogP contribution in [0, 0.1) is 22.7 Å². The second kappa shape index (κ2) is 8.23. The van der Waals surface area contributed by atoms with Crippen molar-refractivity contribution in [2.24, 2.45) is 22.7 Å². The lowest BCUT2D eigenvalue weighted by molar-refractivity contribution is -0.312. The first-order chi connectivity index (χ1) is 18.4. The maximum atomic E-state index is 12.7. The zero-order valence-corrected chi connectivity index (χ0v) is 24.8. The number of carbonyl (C=O) groups excluding carboxylic acids is 1. The van der Waals surface area contributed by atoms with Crippen LogP contribution >= 0.6 is 0 Å². The molecule has 214 valence electrons. The van der Waals surface area contributed by atoms with Crippen molar-refractivity contribution >= 4 is 5.97 Å². The molecular weight excluding hydrogens is 490 g/mol. The van der Waals surface area contributed by atoms with Gasteiger partial charge in [-0.3, -0.25) is 9.69 Å². The Hall–Kier alpha value is -1.63. The summed E-state index contributed by atoms with van der Waals surface area (Å²) in [5.74, 6) is 1.91. The summed E-state index contributed by atoms with van der Waals surface area (Å²) in [6, 6.07) is 4.61. The van der Waals surface area contributed by atoms with Gasteiger partial charge in [0.25, 0.3) is 0 Å². The summed E-state index contributed by atoms with van der Waals surface area (Å²) in [7, 11) is 1.83. The van der Waals surface area contributed by atoms with Gasteiger partial charge in [0.15, 0.2) is 11.5 Å². The van der Waals surface area contributed by atoms with Crippen molar-refractivity contribution in [3.63, 3.8) is 0 Å². The summed E-state index contributed by atoms with van der Waals surface area (Å²) in [6.45, 7) is 12.8. The molecule has 4 bridgehead atoms. The Balaban J connectivity index is 1.43. The molecule has 1 N–H and O–H groups in total. The number of hydrogen-bond acceptors (Lipinski definition) is 6. The van der Waals surface area contributed by atoms with E-state index in [1.54, 1.807) is 0 Å². The van der Waals surface area contributed by atoms with Gasteiger partial charge in [-0.1, -0.05) is 33.8 Å². The van der Waals surface area contributed by atoms with Crippen molar-refractivity contribution < 1.29 is 24.1 Å². The van der Waals surface area contributed by atoms with Crippen molar-refractivity contribution in [3.05, 3.63) is 23.3 Å². The van der Waals surface area contributed by atoms with Gasteiger partial charge in [0.1, 0.15) is 11.7 Å². The molecule has 1 unspecified atom stereocenters. The molecule has 6 heteroatoms. The van der Waals surface area contributed by atoms with Gasteiger partial charge >= 0.3 is 5.97 Å². The number of hydrogen-bond donors (Lipinski definition) is 1. The Morgan fingerprint density at radius 3 is 2.62 bits per heavy atom. The fourth-order valence-corrected chi connectivity index (χ4v) is 10.0. The highest BCUT2D eigenvalue weighted by Crippen LogP contribution is 2.78. The number of aliphatic hydroxyl groups is 1. The number of piperidine rings is 1. The molecule has 1 aromatic carbocycles. The topological polar surface area (TPSA) is 68.2 Å². The highest BCUT2D eigenvalue weighted by molar-refractivity contribution is 5.75. The van der Waals surface area contributed by atoms with Crippen molar-refractivity contribution in [1.29, 1.82) is 0 Å². The largest absolute Gasteiger partial charge is 0.482 e. The number of nitrogens with zero attached hydrogens (tertiary/aromatic N) is 1. The summed E-state index contributed by atoms with van der Waals surface area (Å²) in [6.07, 6.45) is 8.59. The van der Waals surface area contributed by atoms with Gasteiger partial charge < -0.3 is 19.3 Å². The van der Waals surface area contributed by atoms with Crippen LogP contribution in [0.2, 0.25) is 0 Å². The minimum Gasteiger partial charge on any atom is -0.482 e. The predicted octanol–water partition coefficient (Wildman–Crippen LogP) is 5.41. The van der Waals surface area contributed by atoms with Gasteiger partial charge in [0.2, 0.25) is 0 Å². The summed E-state index contributed by atoms with van der Waals surface area (Å²) in [4.78, 5) is 15.5. The minimum absolute atomic E-state index is 0.00467. The van der Waals surface area contributed by atoms with Crippen LogP contribution in [-0.2, 0) is 21.4 Å². The molecule has 7 atom stereocenters. The molecule has 4 saturated carbocycles. The number of likely N-dealkylation sites (tertiary alicyclic amines) is 1. The Kier molecular flexibility index (Phi) is 5.54. The van der Waals surface area contributed by atoms with Crippen LogP contribution in [0.15, 0.2) is 12.1 Å². The van der Waals surface area contributed by atoms with E-state index in [-0.39, 0.29) is 34.2 Å². The summed E-state index contributed by atoms with van der Waals surface area (Å²) >= 11 is 0. The molecule has 7 aliphatic rings. The molecular formula is C33H47NO5. The molecule has 8 rings (SSSR count). The highest BCUT2D eigenvalue weighted by atomic mass is 16.6. The van der Waals surface area contributed by atoms with Crippen LogP contribution in [0.5, 0.6) is 11.5 Å². The maximum absolute atomic E-state index is 12.7. The third-order valence-corrected chi connectivity index (χ3v) is 12.5. The molecule has 0 amide bonds. The van der Waals surface area contributed by atoms with E-state index in [2.05, 4.69) is 31.7 Å². The third-order valence-electron chi connectivity index (χ3n) is 12.5. The van der Waals surface area contributed by atoms with E-state index in [1.165, 1.54) is 30.5 Å². The van der Waals surface area contributed by atoms with Crippen LogP contribution < -0.4 is 9.47 Å². The quantitative estimate of drug-likeness (QED) is 0.370. The molecule has 2 aliphatic heterocycles. The highest BCUT2D eigenvalue weighted by Gasteiger charge is 2.82. The van der Waals surface area contributed by atoms with E-state index in [4.69, 9.17) is 14.2 Å². The van der Waals surface area contributed by atoms with E-state index in [1.807, 2.05) is 27.0 Å². The SMILES string of the molecule is CCCC(=O)Oc1ccc2c3c1O[C@H]1C4(OC)CC[C@]5(C[C@@H]4[C@](C)(O)C(C)(C)C)[C@@H](C2)N(CC2CC2)CC[C@]315. The Morgan fingerprint density at radius 1 is 1.18 bits per heavy atom. The lowest BCUT2D eigenvalue weighted by Gasteiger charge is -2.75. The number of methoxy groups -OCH3 is 1. The minimum atomic E-state index is -0.942. The first-order valence-electron chi connectivity index (χ1n) is 15.5. The van der Waals surface area contributed by atoms with E-state index in [0.29, 0.717) is 18.2 Å². The lowest BCUT2D eigenvalue weighted by Crippen LogP contribution is -2.83. The zero-order chi connectivity index (χ0) is 27.6. The molecule has 5 aliphatic carbocycles. The predicted molar refractivity (Wildman–Crippen MR) is 149 cm³/mol. The van der Waals surface area contributed by atoms with E-state index in [9.17, 15) is 9.90 Å². The van der Waals surface area contributed by atoms with E-state index < -0.39 is 11.2 Å². The number of rotatable bonds is 7. The number of benzene rings is 1. The molecule has 0 aromatic heterocycles. The first kappa shape index (κ1) is 26.3. The standard InChI is InChI=1S/C33H47NO5/c1-7-8-25(35)38-22-12-11-21-17-24-31-13-14-33(37-6,23(18-31)30(5,36)29(2,3)4)28-32(31,26(21)27(22)39-28)15-16-34(24)19-20-9-10-20/h11-12,20,23-24,28,36H,7-10,13-19H2,1-6H3/t23-,24-,28-,30+,31+,32+,33?/m1/s1. The van der Waals surface area contributed by atoms with Gasteiger partial charge in [-0.2, -0.15) is 0 Å². The summed E-state index contributed by atoms with van der Waals surface area (Å²) in [5, 5.41) is 12.4. The van der Waals surface area contributed by atoms with Gasteiger partial charge in [-0.15, -0.1) is 0 Å². The first-order valence-corrected chi connectivity index (χ1v) is 15.5. The number of fused-ring (bicyclic) bond motifs is 2. The summed E-state index contributed by atoms with van der Waals surface area (Å²) < 4.78 is 19.8. The van der Waals surface area contributed by atoms with Crippen LogP contribution in [0.25, 0.3) is 0 Å². The molecule has 39 heavy (non-hydrogen) atoms. The molecule has 2 spiro atoms. The van der Waals surface area contributed by atoms with Gasteiger partial charge in [0, 0.05) is 48.4 Å². The number of ether oxygens (including phenoxy) is 3. The average molecular weight is 538 g/mol. The normalized spacial score (nSPS) is 39.6. The smallest absolute Gasteiger partial charge is 0.311 e. The fourth-order valence-electron chi connectivity index (χ4n) is 10.0. The van der Waals surface area contributed by atoms with Crippen molar-refractivity contribution in [2.45, 2.75) is 121 Å². The van der Waals surface area contributed by atoms with Gasteiger partial charge in [0.05, 0.1) is 5.60 Å². The second-order valence-corrected chi connectivity index (χ2v) is 15.0. The third kappa shape index (κ3) is 3.17. The van der Waals surface area contributed by atoms with Gasteiger partial charge in [-0.25, -0.2) is 0 Å². The average Bonchev–Trinajstić information content (AvgIpc) is 3.62. The van der Waals surface area contributed by atoms with Crippen molar-refractivity contribution in [2.75, 3.05) is 20.2 Å². The fraction of sp³-hybridized carbons (Fsp3) is 0.788. The molecule has 0 radical (unpaired) electrons. The number of esters is 1. The van der Waals surface area contributed by atoms with E-state index in [0.717, 1.165) is 56.7 Å². The Morgan fingerprint density at radius 2 is 1.95 bits per heavy atom. The zero-order valence-electron chi connectivity index (χ0n) is 24.8. The Bertz CT molecular complexity index is 1200. The Labute approximate surface area is 233 Å². The van der Waals surface area contributed by atoms with E-state index >= 15 is 0 Å². The molecule has 1 saturated heterocycles. The van der Waals surface area contributed by atoms with Crippen molar-refractivity contribution in [1.82, 2.24) is 4.90 Å². The van der Waals surface area contributed by atoms with Gasteiger partial charge in [-0.05, 0) is 87.8 Å². The number of carbonyl (C=O) groups is 1. The van der Waals surface area contributed by atoms with Crippen LogP contribution in [0.4, 0.5) is 0 Å². The van der Waals surface area contributed by atoms with Crippen molar-refractivity contribution in [3.8, 4) is 11.5 Å². The second-order valence-electron chi connectivity index (χ2n) is 15.0. The van der Waals surface area contributed by atoms with Crippen LogP contribution in [0.1, 0.15) is 97.1 Å².